The number of amides is 2. The third-order valence-electron chi connectivity index (χ3n) is 3.73. The average Bonchev–Trinajstić information content (AvgIpc) is 3.00. The van der Waals surface area contributed by atoms with Gasteiger partial charge in [0.05, 0.1) is 0 Å². The number of halogens is 1. The summed E-state index contributed by atoms with van der Waals surface area (Å²) in [6.45, 7) is 1.69. The molecule has 0 radical (unpaired) electrons. The highest BCUT2D eigenvalue weighted by atomic mass is 35.5. The van der Waals surface area contributed by atoms with Gasteiger partial charge in [0.15, 0.2) is 11.0 Å². The molecule has 1 aromatic heterocycles. The van der Waals surface area contributed by atoms with Gasteiger partial charge < -0.3 is 19.3 Å². The van der Waals surface area contributed by atoms with E-state index in [0.717, 1.165) is 0 Å². The van der Waals surface area contributed by atoms with Crippen molar-refractivity contribution in [3.8, 4) is 5.75 Å². The molecule has 0 unspecified atom stereocenters. The largest absolute Gasteiger partial charge is 0.508 e. The number of carbonyl (C=O) groups is 2. The molecule has 1 fully saturated rings. The zero-order chi connectivity index (χ0) is 16.4. The van der Waals surface area contributed by atoms with Crippen molar-refractivity contribution < 1.29 is 19.1 Å². The highest BCUT2D eigenvalue weighted by molar-refractivity contribution is 6.29. The van der Waals surface area contributed by atoms with E-state index >= 15 is 0 Å². The Hall–Kier alpha value is -2.47. The summed E-state index contributed by atoms with van der Waals surface area (Å²) in [7, 11) is 0. The molecule has 0 aliphatic carbocycles. The fraction of sp³-hybridized carbons (Fsp3) is 0.250. The van der Waals surface area contributed by atoms with E-state index in [1.54, 1.807) is 21.9 Å². The quantitative estimate of drug-likeness (QED) is 0.914. The summed E-state index contributed by atoms with van der Waals surface area (Å²) in [5.41, 5.74) is 0.433. The number of carbonyl (C=O) groups excluding carboxylic acids is 2. The van der Waals surface area contributed by atoms with Crippen LogP contribution in [0.25, 0.3) is 0 Å². The molecular formula is C16H15ClN2O4. The zero-order valence-electron chi connectivity index (χ0n) is 12.2. The molecule has 1 saturated heterocycles. The summed E-state index contributed by atoms with van der Waals surface area (Å²) in [6.07, 6.45) is 0. The van der Waals surface area contributed by atoms with Crippen molar-refractivity contribution in [1.29, 1.82) is 0 Å². The van der Waals surface area contributed by atoms with Gasteiger partial charge in [-0.05, 0) is 41.9 Å². The monoisotopic (exact) mass is 334 g/mol. The summed E-state index contributed by atoms with van der Waals surface area (Å²) < 4.78 is 5.12. The van der Waals surface area contributed by atoms with E-state index < -0.39 is 0 Å². The predicted octanol–water partition coefficient (Wildman–Crippen LogP) is 2.24. The number of phenols is 1. The van der Waals surface area contributed by atoms with Crippen LogP contribution in [0.4, 0.5) is 0 Å². The molecule has 1 N–H and O–H groups in total. The second-order valence-corrected chi connectivity index (χ2v) is 5.61. The Balaban J connectivity index is 1.62. The number of benzene rings is 1. The van der Waals surface area contributed by atoms with Crippen LogP contribution in [-0.4, -0.2) is 52.9 Å². The Kier molecular flexibility index (Phi) is 4.25. The summed E-state index contributed by atoms with van der Waals surface area (Å²) in [4.78, 5) is 27.9. The second-order valence-electron chi connectivity index (χ2n) is 5.24. The smallest absolute Gasteiger partial charge is 0.289 e. The maximum Gasteiger partial charge on any atom is 0.289 e. The van der Waals surface area contributed by atoms with Crippen molar-refractivity contribution in [2.45, 2.75) is 0 Å². The van der Waals surface area contributed by atoms with E-state index in [4.69, 9.17) is 16.0 Å². The molecule has 2 aromatic rings. The first-order chi connectivity index (χ1) is 11.0. The van der Waals surface area contributed by atoms with Gasteiger partial charge in [-0.25, -0.2) is 0 Å². The third-order valence-corrected chi connectivity index (χ3v) is 3.93. The molecule has 3 rings (SSSR count). The Labute approximate surface area is 137 Å². The summed E-state index contributed by atoms with van der Waals surface area (Å²) in [5, 5.41) is 9.63. The number of hydrogen-bond acceptors (Lipinski definition) is 4. The molecule has 2 amide bonds. The van der Waals surface area contributed by atoms with Gasteiger partial charge in [0.2, 0.25) is 0 Å². The fourth-order valence-electron chi connectivity index (χ4n) is 2.52. The van der Waals surface area contributed by atoms with Gasteiger partial charge in [-0.3, -0.25) is 9.59 Å². The molecule has 23 heavy (non-hydrogen) atoms. The van der Waals surface area contributed by atoms with Gasteiger partial charge in [0.25, 0.3) is 11.8 Å². The minimum Gasteiger partial charge on any atom is -0.508 e. The summed E-state index contributed by atoms with van der Waals surface area (Å²) in [5.74, 6) is -0.141. The van der Waals surface area contributed by atoms with Crippen molar-refractivity contribution in [3.63, 3.8) is 0 Å². The number of aromatic hydroxyl groups is 1. The van der Waals surface area contributed by atoms with Crippen molar-refractivity contribution in [2.24, 2.45) is 0 Å². The molecule has 7 heteroatoms. The van der Waals surface area contributed by atoms with Crippen LogP contribution in [0, 0.1) is 0 Å². The molecule has 2 heterocycles. The van der Waals surface area contributed by atoms with Gasteiger partial charge in [0.1, 0.15) is 5.75 Å². The highest BCUT2D eigenvalue weighted by Crippen LogP contribution is 2.18. The summed E-state index contributed by atoms with van der Waals surface area (Å²) >= 11 is 5.68. The Morgan fingerprint density at radius 2 is 1.65 bits per heavy atom. The Morgan fingerprint density at radius 3 is 2.22 bits per heavy atom. The second kappa shape index (κ2) is 6.34. The highest BCUT2D eigenvalue weighted by Gasteiger charge is 2.27. The lowest BCUT2D eigenvalue weighted by molar-refractivity contribution is 0.0518. The van der Waals surface area contributed by atoms with Crippen LogP contribution in [0.1, 0.15) is 20.9 Å². The number of piperazine rings is 1. The molecule has 0 bridgehead atoms. The van der Waals surface area contributed by atoms with Crippen LogP contribution >= 0.6 is 11.6 Å². The topological polar surface area (TPSA) is 74.0 Å². The molecule has 120 valence electrons. The third kappa shape index (κ3) is 3.32. The van der Waals surface area contributed by atoms with Gasteiger partial charge in [-0.2, -0.15) is 0 Å². The van der Waals surface area contributed by atoms with Crippen LogP contribution < -0.4 is 0 Å². The van der Waals surface area contributed by atoms with E-state index in [1.165, 1.54) is 24.3 Å². The van der Waals surface area contributed by atoms with Crippen LogP contribution in [0.15, 0.2) is 40.8 Å². The fourth-order valence-corrected chi connectivity index (χ4v) is 2.67. The Morgan fingerprint density at radius 1 is 1.00 bits per heavy atom. The average molecular weight is 335 g/mol. The van der Waals surface area contributed by atoms with Crippen molar-refractivity contribution in [3.05, 3.63) is 52.9 Å². The SMILES string of the molecule is O=C(c1cccc(O)c1)N1CCN(C(=O)c2ccc(Cl)o2)CC1. The molecule has 1 aliphatic heterocycles. The van der Waals surface area contributed by atoms with Gasteiger partial charge >= 0.3 is 0 Å². The first-order valence-corrected chi connectivity index (χ1v) is 7.55. The van der Waals surface area contributed by atoms with Crippen LogP contribution in [0.5, 0.6) is 5.75 Å². The molecular weight excluding hydrogens is 320 g/mol. The van der Waals surface area contributed by atoms with Gasteiger partial charge in [-0.15, -0.1) is 0 Å². The standard InChI is InChI=1S/C16H15ClN2O4/c17-14-5-4-13(23-14)16(22)19-8-6-18(7-9-19)15(21)11-2-1-3-12(20)10-11/h1-5,10,20H,6-9H2. The molecule has 6 nitrogen and oxygen atoms in total. The molecule has 0 atom stereocenters. The molecule has 0 spiro atoms. The minimum absolute atomic E-state index is 0.0550. The van der Waals surface area contributed by atoms with E-state index in [-0.39, 0.29) is 28.5 Å². The number of hydrogen-bond donors (Lipinski definition) is 1. The van der Waals surface area contributed by atoms with Crippen LogP contribution in [0.3, 0.4) is 0 Å². The lowest BCUT2D eigenvalue weighted by Crippen LogP contribution is -2.50. The lowest BCUT2D eigenvalue weighted by Gasteiger charge is -2.34. The molecule has 1 aromatic carbocycles. The number of nitrogens with zero attached hydrogens (tertiary/aromatic N) is 2. The zero-order valence-corrected chi connectivity index (χ0v) is 13.0. The van der Waals surface area contributed by atoms with Crippen molar-refractivity contribution in [2.75, 3.05) is 26.2 Å². The van der Waals surface area contributed by atoms with E-state index in [0.29, 0.717) is 31.7 Å². The number of phenolic OH excluding ortho intramolecular Hbond substituents is 1. The van der Waals surface area contributed by atoms with E-state index in [2.05, 4.69) is 0 Å². The van der Waals surface area contributed by atoms with Crippen molar-refractivity contribution >= 4 is 23.4 Å². The van der Waals surface area contributed by atoms with Gasteiger partial charge in [-0.1, -0.05) is 6.07 Å². The Bertz CT molecular complexity index is 735. The first-order valence-electron chi connectivity index (χ1n) is 7.17. The van der Waals surface area contributed by atoms with E-state index in [9.17, 15) is 14.7 Å². The number of furan rings is 1. The first kappa shape index (κ1) is 15.4. The summed E-state index contributed by atoms with van der Waals surface area (Å²) in [6, 6.07) is 9.30. The molecule has 1 aliphatic rings. The lowest BCUT2D eigenvalue weighted by atomic mass is 10.1. The van der Waals surface area contributed by atoms with Gasteiger partial charge in [0, 0.05) is 31.7 Å². The predicted molar refractivity (Wildman–Crippen MR) is 83.6 cm³/mol. The minimum atomic E-state index is -0.235. The van der Waals surface area contributed by atoms with Crippen molar-refractivity contribution in [1.82, 2.24) is 9.80 Å². The van der Waals surface area contributed by atoms with E-state index in [1.807, 2.05) is 0 Å². The normalized spacial score (nSPS) is 14.8. The maximum atomic E-state index is 12.4. The van der Waals surface area contributed by atoms with Crippen LogP contribution in [0.2, 0.25) is 5.22 Å². The van der Waals surface area contributed by atoms with Crippen LogP contribution in [-0.2, 0) is 0 Å². The molecule has 0 saturated carbocycles. The number of rotatable bonds is 2. The maximum absolute atomic E-state index is 12.4.